The van der Waals surface area contributed by atoms with E-state index in [0.29, 0.717) is 0 Å². The standard InChI is InChI=1S/4CHNS.K.Pd/c4*2-1-3;;/h4*3H;;/q;;;;;+4/p-4. The summed E-state index contributed by atoms with van der Waals surface area (Å²) in [6.45, 7) is 0. The summed E-state index contributed by atoms with van der Waals surface area (Å²) < 4.78 is 0. The van der Waals surface area contributed by atoms with Crippen LogP contribution in [0.3, 0.4) is 0 Å². The van der Waals surface area contributed by atoms with Crippen LogP contribution in [0.2, 0.25) is 0 Å². The second-order valence-electron chi connectivity index (χ2n) is 0.940. The maximum atomic E-state index is 8.46. The van der Waals surface area contributed by atoms with Gasteiger partial charge in [-0.2, -0.15) is 0 Å². The van der Waals surface area contributed by atoms with Crippen LogP contribution in [-0.2, 0) is 10.5 Å². The third-order valence-electron chi connectivity index (χ3n) is 0.432. The van der Waals surface area contributed by atoms with Gasteiger partial charge in [0, 0.05) is 51.4 Å². The number of hydrogen-bond donors (Lipinski definition) is 0. The normalized spacial score (nSPS) is 9.43. The molecule has 0 amide bonds. The van der Waals surface area contributed by atoms with Gasteiger partial charge in [0.25, 0.3) is 0 Å². The summed E-state index contributed by atoms with van der Waals surface area (Å²) in [6, 6.07) is 0. The fraction of sp³-hybridized carbons (Fsp3) is 0. The van der Waals surface area contributed by atoms with E-state index in [1.165, 1.54) is 0 Å². The van der Waals surface area contributed by atoms with Gasteiger partial charge in [-0.3, -0.25) is 0 Å². The number of rotatable bonds is 4. The van der Waals surface area contributed by atoms with Crippen LogP contribution >= 0.6 is 38.3 Å². The fourth-order valence-electron chi connectivity index (χ4n) is 0.220. The van der Waals surface area contributed by atoms with E-state index < -0.39 is 10.5 Å². The van der Waals surface area contributed by atoms with Crippen molar-refractivity contribution in [2.24, 2.45) is 0 Å². The molecule has 1 radical (unpaired) electrons. The van der Waals surface area contributed by atoms with E-state index in [-0.39, 0.29) is 51.4 Å². The molecule has 0 rings (SSSR count). The second kappa shape index (κ2) is 11.2. The SMILES string of the molecule is N#C[S][Pd]([S]C#N)([S]C#N)[S]C#N.[K]. The topological polar surface area (TPSA) is 95.2 Å². The molecule has 10 heteroatoms. The van der Waals surface area contributed by atoms with Crippen LogP contribution in [-0.4, -0.2) is 51.4 Å². The molecule has 0 saturated carbocycles. The van der Waals surface area contributed by atoms with Gasteiger partial charge in [-0.25, -0.2) is 0 Å². The third-order valence-corrected chi connectivity index (χ3v) is 18.9. The van der Waals surface area contributed by atoms with Crippen LogP contribution in [0.1, 0.15) is 0 Å². The molecule has 0 aliphatic heterocycles. The Kier molecular flexibility index (Phi) is 14.4. The van der Waals surface area contributed by atoms with E-state index in [9.17, 15) is 0 Å². The van der Waals surface area contributed by atoms with Gasteiger partial charge in [0.2, 0.25) is 0 Å². The Bertz CT molecular complexity index is 266. The van der Waals surface area contributed by atoms with Gasteiger partial charge in [0.15, 0.2) is 0 Å². The molecule has 4 nitrogen and oxygen atoms in total. The van der Waals surface area contributed by atoms with E-state index in [4.69, 9.17) is 21.0 Å². The smallest absolute Gasteiger partial charge is 0 e. The maximum absolute atomic E-state index is 8.46. The molecule has 14 heavy (non-hydrogen) atoms. The predicted octanol–water partition coefficient (Wildman–Crippen LogP) is 2.28. The zero-order valence-electron chi connectivity index (χ0n) is 6.74. The van der Waals surface area contributed by atoms with Crippen LogP contribution in [0.5, 0.6) is 0 Å². The molecule has 0 aromatic carbocycles. The van der Waals surface area contributed by atoms with Gasteiger partial charge < -0.3 is 0 Å². The molecular weight excluding hydrogens is 378 g/mol. The number of nitrogens with zero attached hydrogens (tertiary/aromatic N) is 4. The van der Waals surface area contributed by atoms with Crippen molar-refractivity contribution >= 4 is 89.7 Å². The first-order valence-corrected chi connectivity index (χ1v) is 12.5. The Labute approximate surface area is 140 Å². The molecule has 71 valence electrons. The fourth-order valence-corrected chi connectivity index (χ4v) is 11.7. The van der Waals surface area contributed by atoms with Gasteiger partial charge >= 0.3 is 91.5 Å². The van der Waals surface area contributed by atoms with E-state index in [2.05, 4.69) is 0 Å². The van der Waals surface area contributed by atoms with E-state index in [1.807, 2.05) is 21.6 Å². The minimum absolute atomic E-state index is 0. The van der Waals surface area contributed by atoms with Crippen LogP contribution in [0.4, 0.5) is 0 Å². The molecule has 0 aromatic rings. The molecule has 0 spiro atoms. The molecule has 0 saturated heterocycles. The third kappa shape index (κ3) is 7.02. The summed E-state index contributed by atoms with van der Waals surface area (Å²) in [6.07, 6.45) is 0. The van der Waals surface area contributed by atoms with Crippen LogP contribution in [0, 0.1) is 42.7 Å². The molecule has 0 aromatic heterocycles. The van der Waals surface area contributed by atoms with Crippen molar-refractivity contribution in [2.75, 3.05) is 0 Å². The van der Waals surface area contributed by atoms with Crippen molar-refractivity contribution in [2.45, 2.75) is 0 Å². The molecule has 0 heterocycles. The average molecular weight is 378 g/mol. The first-order valence-electron chi connectivity index (χ1n) is 2.23. The van der Waals surface area contributed by atoms with Crippen LogP contribution in [0.15, 0.2) is 0 Å². The summed E-state index contributed by atoms with van der Waals surface area (Å²) in [5.74, 6) is 0. The maximum Gasteiger partial charge on any atom is 0 e. The van der Waals surface area contributed by atoms with Crippen LogP contribution < -0.4 is 0 Å². The van der Waals surface area contributed by atoms with Gasteiger partial charge in [-0.15, -0.1) is 0 Å². The summed E-state index contributed by atoms with van der Waals surface area (Å²) in [5.41, 5.74) is 0. The minimum Gasteiger partial charge on any atom is 0 e. The van der Waals surface area contributed by atoms with E-state index in [1.54, 1.807) is 0 Å². The Morgan fingerprint density at radius 2 is 0.857 bits per heavy atom. The molecule has 0 aliphatic rings. The minimum atomic E-state index is -2.69. The number of hydrogen-bond acceptors (Lipinski definition) is 8. The van der Waals surface area contributed by atoms with Gasteiger partial charge in [0.05, 0.1) is 0 Å². The first kappa shape index (κ1) is 18.0. The van der Waals surface area contributed by atoms with Crippen molar-refractivity contribution < 1.29 is 10.5 Å². The Morgan fingerprint density at radius 3 is 1.00 bits per heavy atom. The van der Waals surface area contributed by atoms with E-state index >= 15 is 0 Å². The van der Waals surface area contributed by atoms with Gasteiger partial charge in [-0.1, -0.05) is 0 Å². The number of thiocyanates is 4. The quantitative estimate of drug-likeness (QED) is 0.544. The van der Waals surface area contributed by atoms with E-state index in [0.717, 1.165) is 38.3 Å². The zero-order chi connectivity index (χ0) is 10.2. The molecule has 0 atom stereocenters. The van der Waals surface area contributed by atoms with Crippen molar-refractivity contribution in [3.8, 4) is 21.6 Å². The first-order chi connectivity index (χ1) is 6.24. The Hall–Kier alpha value is 1.66. The van der Waals surface area contributed by atoms with Gasteiger partial charge in [-0.05, 0) is 0 Å². The molecule has 0 aliphatic carbocycles. The molecular formula is C4KN4PdS4. The van der Waals surface area contributed by atoms with Gasteiger partial charge in [0.1, 0.15) is 0 Å². The largest absolute Gasteiger partial charge is 0 e. The second-order valence-corrected chi connectivity index (χ2v) is 22.5. The number of nitriles is 4. The van der Waals surface area contributed by atoms with Crippen molar-refractivity contribution in [1.82, 2.24) is 0 Å². The Morgan fingerprint density at radius 1 is 0.643 bits per heavy atom. The molecule has 0 bridgehead atoms. The molecule has 0 fully saturated rings. The monoisotopic (exact) mass is 377 g/mol. The van der Waals surface area contributed by atoms with Crippen molar-refractivity contribution in [3.05, 3.63) is 0 Å². The Balaban J connectivity index is 0. The predicted molar refractivity (Wildman–Crippen MR) is 58.6 cm³/mol. The summed E-state index contributed by atoms with van der Waals surface area (Å²) in [4.78, 5) is 0. The summed E-state index contributed by atoms with van der Waals surface area (Å²) in [7, 11) is 0.805. The van der Waals surface area contributed by atoms with Crippen molar-refractivity contribution in [1.29, 1.82) is 21.0 Å². The van der Waals surface area contributed by atoms with Crippen molar-refractivity contribution in [3.63, 3.8) is 0 Å². The average Bonchev–Trinajstić information content (AvgIpc) is 2.06. The molecule has 0 N–H and O–H groups in total. The van der Waals surface area contributed by atoms with Crippen LogP contribution in [0.25, 0.3) is 0 Å². The summed E-state index contributed by atoms with van der Waals surface area (Å²) >= 11 is 0. The summed E-state index contributed by atoms with van der Waals surface area (Å²) in [5, 5.41) is 41.2. The molecule has 0 unspecified atom stereocenters. The zero-order valence-corrected chi connectivity index (χ0v) is 14.7.